The molecule has 0 spiro atoms. The summed E-state index contributed by atoms with van der Waals surface area (Å²) >= 11 is 0. The van der Waals surface area contributed by atoms with Crippen LogP contribution in [-0.4, -0.2) is 0 Å². The lowest BCUT2D eigenvalue weighted by Gasteiger charge is -2.19. The van der Waals surface area contributed by atoms with Crippen LogP contribution in [0.1, 0.15) is 24.0 Å². The maximum absolute atomic E-state index is 6.24. The Morgan fingerprint density at radius 2 is 1.80 bits per heavy atom. The highest BCUT2D eigenvalue weighted by Gasteiger charge is 2.14. The topological polar surface area (TPSA) is 26.0 Å². The molecule has 0 unspecified atom stereocenters. The second-order valence-corrected chi connectivity index (χ2v) is 4.36. The van der Waals surface area contributed by atoms with Crippen LogP contribution in [-0.2, 0) is 12.8 Å². The maximum Gasteiger partial charge on any atom is 0.0429 e. The Bertz CT molecular complexity index is 514. The molecule has 76 valence electrons. The first-order valence-electron chi connectivity index (χ1n) is 5.65. The van der Waals surface area contributed by atoms with E-state index in [-0.39, 0.29) is 0 Å². The summed E-state index contributed by atoms with van der Waals surface area (Å²) in [7, 11) is 0. The normalized spacial score (nSPS) is 15.2. The van der Waals surface area contributed by atoms with Crippen molar-refractivity contribution in [2.24, 2.45) is 0 Å². The summed E-state index contributed by atoms with van der Waals surface area (Å²) in [6.07, 6.45) is 4.96. The van der Waals surface area contributed by atoms with Crippen LogP contribution in [0, 0.1) is 0 Å². The van der Waals surface area contributed by atoms with Gasteiger partial charge in [0, 0.05) is 11.1 Å². The molecule has 1 nitrogen and oxygen atoms in total. The molecular weight excluding hydrogens is 182 g/mol. The molecule has 0 bridgehead atoms. The van der Waals surface area contributed by atoms with Gasteiger partial charge in [0.15, 0.2) is 0 Å². The molecule has 0 atom stereocenters. The van der Waals surface area contributed by atoms with Crippen molar-refractivity contribution < 1.29 is 0 Å². The quantitative estimate of drug-likeness (QED) is 0.644. The largest absolute Gasteiger partial charge is 0.398 e. The lowest BCUT2D eigenvalue weighted by Crippen LogP contribution is -2.06. The molecule has 15 heavy (non-hydrogen) atoms. The molecule has 3 rings (SSSR count). The van der Waals surface area contributed by atoms with Gasteiger partial charge in [-0.3, -0.25) is 0 Å². The van der Waals surface area contributed by atoms with Gasteiger partial charge in [-0.05, 0) is 42.2 Å². The van der Waals surface area contributed by atoms with E-state index in [1.165, 1.54) is 41.2 Å². The Hall–Kier alpha value is -1.50. The van der Waals surface area contributed by atoms with Crippen LogP contribution in [0.5, 0.6) is 0 Å². The van der Waals surface area contributed by atoms with Crippen molar-refractivity contribution >= 4 is 16.5 Å². The van der Waals surface area contributed by atoms with E-state index in [0.29, 0.717) is 0 Å². The van der Waals surface area contributed by atoms with Crippen molar-refractivity contribution in [3.63, 3.8) is 0 Å². The minimum absolute atomic E-state index is 1.02. The second kappa shape index (κ2) is 3.27. The molecule has 0 heterocycles. The number of rotatable bonds is 0. The van der Waals surface area contributed by atoms with Crippen LogP contribution in [0.25, 0.3) is 10.8 Å². The fourth-order valence-corrected chi connectivity index (χ4v) is 2.61. The monoisotopic (exact) mass is 197 g/mol. The number of hydrogen-bond donors (Lipinski definition) is 1. The van der Waals surface area contributed by atoms with Crippen LogP contribution >= 0.6 is 0 Å². The van der Waals surface area contributed by atoms with Gasteiger partial charge < -0.3 is 5.73 Å². The number of nitrogen functional groups attached to an aromatic ring is 1. The summed E-state index contributed by atoms with van der Waals surface area (Å²) < 4.78 is 0. The summed E-state index contributed by atoms with van der Waals surface area (Å²) in [5.74, 6) is 0. The molecule has 0 amide bonds. The van der Waals surface area contributed by atoms with E-state index in [2.05, 4.69) is 30.3 Å². The average molecular weight is 197 g/mol. The van der Waals surface area contributed by atoms with Crippen LogP contribution in [0.4, 0.5) is 5.69 Å². The first-order chi connectivity index (χ1) is 7.36. The molecule has 1 aliphatic rings. The number of anilines is 1. The Kier molecular flexibility index (Phi) is 1.91. The van der Waals surface area contributed by atoms with E-state index < -0.39 is 0 Å². The lowest BCUT2D eigenvalue weighted by molar-refractivity contribution is 0.688. The predicted octanol–water partition coefficient (Wildman–Crippen LogP) is 3.30. The summed E-state index contributed by atoms with van der Waals surface area (Å²) in [4.78, 5) is 0. The highest BCUT2D eigenvalue weighted by atomic mass is 14.6. The van der Waals surface area contributed by atoms with Crippen LogP contribution in [0.3, 0.4) is 0 Å². The van der Waals surface area contributed by atoms with Gasteiger partial charge in [0.25, 0.3) is 0 Å². The molecule has 0 saturated heterocycles. The van der Waals surface area contributed by atoms with Crippen molar-refractivity contribution in [3.05, 3.63) is 41.5 Å². The molecule has 0 fully saturated rings. The molecular formula is C14H15N. The lowest BCUT2D eigenvalue weighted by atomic mass is 9.88. The first-order valence-corrected chi connectivity index (χ1v) is 5.65. The SMILES string of the molecule is Nc1c2c(cc3ccccc13)CCCC2. The molecule has 2 aromatic carbocycles. The van der Waals surface area contributed by atoms with E-state index >= 15 is 0 Å². The van der Waals surface area contributed by atoms with Gasteiger partial charge in [-0.25, -0.2) is 0 Å². The third kappa shape index (κ3) is 1.30. The molecule has 1 aliphatic carbocycles. The Labute approximate surface area is 89.9 Å². The van der Waals surface area contributed by atoms with Gasteiger partial charge in [0.2, 0.25) is 0 Å². The van der Waals surface area contributed by atoms with Crippen molar-refractivity contribution in [2.45, 2.75) is 25.7 Å². The van der Waals surface area contributed by atoms with Crippen molar-refractivity contribution in [1.29, 1.82) is 0 Å². The average Bonchev–Trinajstić information content (AvgIpc) is 2.30. The predicted molar refractivity (Wildman–Crippen MR) is 65.0 cm³/mol. The smallest absolute Gasteiger partial charge is 0.0429 e. The van der Waals surface area contributed by atoms with Crippen molar-refractivity contribution in [1.82, 2.24) is 0 Å². The van der Waals surface area contributed by atoms with Crippen LogP contribution < -0.4 is 5.73 Å². The number of fused-ring (bicyclic) bond motifs is 2. The third-order valence-corrected chi connectivity index (χ3v) is 3.42. The zero-order chi connectivity index (χ0) is 10.3. The van der Waals surface area contributed by atoms with E-state index in [1.54, 1.807) is 0 Å². The van der Waals surface area contributed by atoms with Gasteiger partial charge in [-0.1, -0.05) is 30.3 Å². The van der Waals surface area contributed by atoms with Crippen LogP contribution in [0.15, 0.2) is 30.3 Å². The van der Waals surface area contributed by atoms with Gasteiger partial charge in [0.05, 0.1) is 0 Å². The fraction of sp³-hybridized carbons (Fsp3) is 0.286. The van der Waals surface area contributed by atoms with Gasteiger partial charge in [-0.15, -0.1) is 0 Å². The molecule has 0 saturated carbocycles. The summed E-state index contributed by atoms with van der Waals surface area (Å²) in [6.45, 7) is 0. The summed E-state index contributed by atoms with van der Waals surface area (Å²) in [6, 6.07) is 10.7. The number of nitrogens with two attached hydrogens (primary N) is 1. The van der Waals surface area contributed by atoms with Crippen LogP contribution in [0.2, 0.25) is 0 Å². The first kappa shape index (κ1) is 8.78. The summed E-state index contributed by atoms with van der Waals surface area (Å²) in [5.41, 5.74) is 10.1. The number of hydrogen-bond acceptors (Lipinski definition) is 1. The van der Waals surface area contributed by atoms with E-state index in [1.807, 2.05) is 0 Å². The Morgan fingerprint density at radius 1 is 1.00 bits per heavy atom. The molecule has 1 heteroatoms. The molecule has 0 aliphatic heterocycles. The van der Waals surface area contributed by atoms with Gasteiger partial charge in [0.1, 0.15) is 0 Å². The molecule has 0 aromatic heterocycles. The van der Waals surface area contributed by atoms with Crippen molar-refractivity contribution in [2.75, 3.05) is 5.73 Å². The zero-order valence-electron chi connectivity index (χ0n) is 8.79. The van der Waals surface area contributed by atoms with E-state index in [0.717, 1.165) is 12.1 Å². The highest BCUT2D eigenvalue weighted by Crippen LogP contribution is 2.32. The Balaban J connectivity index is 2.36. The van der Waals surface area contributed by atoms with Gasteiger partial charge in [-0.2, -0.15) is 0 Å². The Morgan fingerprint density at radius 3 is 2.73 bits per heavy atom. The fourth-order valence-electron chi connectivity index (χ4n) is 2.61. The van der Waals surface area contributed by atoms with E-state index in [9.17, 15) is 0 Å². The number of benzene rings is 2. The zero-order valence-corrected chi connectivity index (χ0v) is 8.79. The maximum atomic E-state index is 6.24. The molecule has 0 radical (unpaired) electrons. The summed E-state index contributed by atoms with van der Waals surface area (Å²) in [5, 5.41) is 2.51. The van der Waals surface area contributed by atoms with E-state index in [4.69, 9.17) is 5.73 Å². The van der Waals surface area contributed by atoms with Gasteiger partial charge >= 0.3 is 0 Å². The minimum Gasteiger partial charge on any atom is -0.398 e. The molecule has 2 N–H and O–H groups in total. The molecule has 2 aromatic rings. The minimum atomic E-state index is 1.02. The standard InChI is InChI=1S/C14H15N/c15-14-12-7-3-1-5-10(12)9-11-6-2-4-8-13(11)14/h1,3,5,7,9H,2,4,6,8,15H2. The second-order valence-electron chi connectivity index (χ2n) is 4.36. The third-order valence-electron chi connectivity index (χ3n) is 3.42. The number of aryl methyl sites for hydroxylation is 1. The highest BCUT2D eigenvalue weighted by molar-refractivity contribution is 5.95. The van der Waals surface area contributed by atoms with Crippen molar-refractivity contribution in [3.8, 4) is 0 Å².